The van der Waals surface area contributed by atoms with Gasteiger partial charge in [-0.3, -0.25) is 24.6 Å². The Bertz CT molecular complexity index is 866. The summed E-state index contributed by atoms with van der Waals surface area (Å²) >= 11 is 0. The topological polar surface area (TPSA) is 66.5 Å². The Morgan fingerprint density at radius 2 is 1.77 bits per heavy atom. The Morgan fingerprint density at radius 1 is 1.06 bits per heavy atom. The first kappa shape index (κ1) is 20.9. The van der Waals surface area contributed by atoms with E-state index in [1.54, 1.807) is 24.3 Å². The second kappa shape index (κ2) is 7.84. The molecule has 4 aliphatic carbocycles. The van der Waals surface area contributed by atoms with Crippen molar-refractivity contribution in [2.24, 2.45) is 22.7 Å². The van der Waals surface area contributed by atoms with Crippen LogP contribution in [0.1, 0.15) is 75.1 Å². The highest BCUT2D eigenvalue weighted by atomic mass is 16.2. The van der Waals surface area contributed by atoms with Gasteiger partial charge in [-0.1, -0.05) is 25.1 Å². The Hall–Kier alpha value is -2.01. The summed E-state index contributed by atoms with van der Waals surface area (Å²) in [6, 6.07) is 8.42. The van der Waals surface area contributed by atoms with Crippen LogP contribution in [0.2, 0.25) is 0 Å². The predicted molar refractivity (Wildman–Crippen MR) is 118 cm³/mol. The second-order valence-electron chi connectivity index (χ2n) is 11.3. The molecule has 0 spiro atoms. The number of carbonyl (C=O) groups is 3. The number of imide groups is 1. The highest BCUT2D eigenvalue weighted by Crippen LogP contribution is 2.66. The maximum absolute atomic E-state index is 13.2. The third-order valence-corrected chi connectivity index (χ3v) is 8.37. The quantitative estimate of drug-likeness (QED) is 0.705. The highest BCUT2D eigenvalue weighted by Gasteiger charge is 2.56. The van der Waals surface area contributed by atoms with E-state index < -0.39 is 0 Å². The number of hydrogen-bond acceptors (Lipinski definition) is 4. The normalized spacial score (nSPS) is 36.5. The van der Waals surface area contributed by atoms with Crippen molar-refractivity contribution >= 4 is 17.6 Å². The first-order valence-corrected chi connectivity index (χ1v) is 12.0. The van der Waals surface area contributed by atoms with E-state index in [-0.39, 0.29) is 29.1 Å². The molecule has 31 heavy (non-hydrogen) atoms. The number of rotatable bonds is 6. The zero-order valence-electron chi connectivity index (χ0n) is 18.6. The van der Waals surface area contributed by atoms with Crippen molar-refractivity contribution in [2.45, 2.75) is 70.8 Å². The van der Waals surface area contributed by atoms with Crippen LogP contribution in [0.15, 0.2) is 30.3 Å². The van der Waals surface area contributed by atoms with E-state index in [2.05, 4.69) is 12.2 Å². The molecule has 1 heterocycles. The number of benzene rings is 1. The van der Waals surface area contributed by atoms with Crippen LogP contribution >= 0.6 is 0 Å². The Kier molecular flexibility index (Phi) is 5.28. The summed E-state index contributed by atoms with van der Waals surface area (Å²) in [5.74, 6) is 1.26. The third-order valence-electron chi connectivity index (χ3n) is 8.37. The van der Waals surface area contributed by atoms with Crippen LogP contribution < -0.4 is 5.32 Å². The lowest BCUT2D eigenvalue weighted by Gasteiger charge is -2.61. The number of nitrogens with one attached hydrogen (secondary N) is 1. The molecule has 3 atom stereocenters. The number of Topliss-reactive ketones (excluding diaryl/α,β-unsaturated/α-hetero) is 1. The molecule has 4 saturated carbocycles. The molecule has 166 valence electrons. The summed E-state index contributed by atoms with van der Waals surface area (Å²) in [5.41, 5.74) is 1.13. The predicted octanol–water partition coefficient (Wildman–Crippen LogP) is 3.97. The lowest BCUT2D eigenvalue weighted by molar-refractivity contribution is -0.136. The molecule has 2 amide bonds. The fraction of sp³-hybridized carbons (Fsp3) is 0.654. The van der Waals surface area contributed by atoms with Gasteiger partial charge in [0, 0.05) is 12.0 Å². The van der Waals surface area contributed by atoms with E-state index in [9.17, 15) is 14.4 Å². The number of carbonyl (C=O) groups excluding carboxylic acids is 3. The van der Waals surface area contributed by atoms with Gasteiger partial charge in [-0.05, 0) is 92.7 Å². The lowest BCUT2D eigenvalue weighted by atomic mass is 9.44. The van der Waals surface area contributed by atoms with Crippen molar-refractivity contribution in [3.63, 3.8) is 0 Å². The number of ketones is 1. The number of amides is 2. The zero-order chi connectivity index (χ0) is 21.6. The van der Waals surface area contributed by atoms with Gasteiger partial charge in [0.15, 0.2) is 0 Å². The molecule has 1 N–H and O–H groups in total. The summed E-state index contributed by atoms with van der Waals surface area (Å²) in [5, 5.41) is 2.54. The van der Waals surface area contributed by atoms with Crippen LogP contribution in [0.4, 0.5) is 0 Å². The molecule has 1 saturated heterocycles. The average Bonchev–Trinajstić information content (AvgIpc) is 3.14. The van der Waals surface area contributed by atoms with Crippen molar-refractivity contribution in [1.29, 1.82) is 0 Å². The molecule has 5 aliphatic rings. The van der Waals surface area contributed by atoms with Crippen molar-refractivity contribution < 1.29 is 14.4 Å². The molecule has 5 heteroatoms. The van der Waals surface area contributed by atoms with Gasteiger partial charge < -0.3 is 0 Å². The van der Waals surface area contributed by atoms with Crippen LogP contribution in [0.25, 0.3) is 0 Å². The first-order valence-electron chi connectivity index (χ1n) is 12.0. The molecule has 6 rings (SSSR count). The fourth-order valence-corrected chi connectivity index (χ4v) is 8.01. The lowest BCUT2D eigenvalue weighted by Crippen LogP contribution is -2.52. The van der Waals surface area contributed by atoms with E-state index in [0.717, 1.165) is 24.8 Å². The molecule has 1 aromatic rings. The van der Waals surface area contributed by atoms with Crippen LogP contribution in [0, 0.1) is 22.7 Å². The van der Waals surface area contributed by atoms with Gasteiger partial charge >= 0.3 is 0 Å². The minimum atomic E-state index is -0.384. The Morgan fingerprint density at radius 3 is 2.45 bits per heavy atom. The van der Waals surface area contributed by atoms with Crippen LogP contribution in [0.5, 0.6) is 0 Å². The molecule has 5 nitrogen and oxygen atoms in total. The van der Waals surface area contributed by atoms with Gasteiger partial charge in [-0.25, -0.2) is 0 Å². The molecule has 4 bridgehead atoms. The summed E-state index contributed by atoms with van der Waals surface area (Å²) in [6.45, 7) is 3.53. The van der Waals surface area contributed by atoms with E-state index in [4.69, 9.17) is 0 Å². The number of likely N-dealkylation sites (tertiary alicyclic amines) is 1. The fourth-order valence-electron chi connectivity index (χ4n) is 8.01. The van der Waals surface area contributed by atoms with Gasteiger partial charge in [0.25, 0.3) is 5.91 Å². The maximum atomic E-state index is 13.2. The van der Waals surface area contributed by atoms with Crippen LogP contribution in [-0.2, 0) is 9.59 Å². The Balaban J connectivity index is 1.19. The van der Waals surface area contributed by atoms with Gasteiger partial charge in [0.05, 0.1) is 12.6 Å². The Labute approximate surface area is 185 Å². The number of hydrogen-bond donors (Lipinski definition) is 1. The summed E-state index contributed by atoms with van der Waals surface area (Å²) in [7, 11) is 0. The molecule has 5 fully saturated rings. The molecular weight excluding hydrogens is 388 g/mol. The average molecular weight is 423 g/mol. The summed E-state index contributed by atoms with van der Waals surface area (Å²) in [4.78, 5) is 40.3. The monoisotopic (exact) mass is 422 g/mol. The van der Waals surface area contributed by atoms with E-state index in [1.807, 2.05) is 11.0 Å². The van der Waals surface area contributed by atoms with Gasteiger partial charge in [-0.15, -0.1) is 0 Å². The van der Waals surface area contributed by atoms with Gasteiger partial charge in [-0.2, -0.15) is 0 Å². The highest BCUT2D eigenvalue weighted by molar-refractivity contribution is 6.06. The summed E-state index contributed by atoms with van der Waals surface area (Å²) < 4.78 is 0. The zero-order valence-corrected chi connectivity index (χ0v) is 18.6. The molecular formula is C26H34N2O3. The second-order valence-corrected chi connectivity index (χ2v) is 11.3. The van der Waals surface area contributed by atoms with Crippen molar-refractivity contribution in [3.8, 4) is 0 Å². The van der Waals surface area contributed by atoms with E-state index >= 15 is 0 Å². The number of nitrogens with zero attached hydrogens (tertiary/aromatic N) is 1. The van der Waals surface area contributed by atoms with Gasteiger partial charge in [0.2, 0.25) is 5.91 Å². The summed E-state index contributed by atoms with van der Waals surface area (Å²) in [6.07, 6.45) is 9.98. The first-order chi connectivity index (χ1) is 14.8. The van der Waals surface area contributed by atoms with Crippen LogP contribution in [-0.4, -0.2) is 41.6 Å². The van der Waals surface area contributed by atoms with Crippen molar-refractivity contribution in [1.82, 2.24) is 10.2 Å². The van der Waals surface area contributed by atoms with Crippen LogP contribution in [0.3, 0.4) is 0 Å². The molecule has 1 aliphatic heterocycles. The van der Waals surface area contributed by atoms with Gasteiger partial charge in [0.1, 0.15) is 5.78 Å². The van der Waals surface area contributed by atoms with Crippen molar-refractivity contribution in [3.05, 3.63) is 35.9 Å². The smallest absolute Gasteiger partial charge is 0.257 e. The molecule has 2 unspecified atom stereocenters. The van der Waals surface area contributed by atoms with E-state index in [0.29, 0.717) is 30.4 Å². The third kappa shape index (κ3) is 4.21. The van der Waals surface area contributed by atoms with E-state index in [1.165, 1.54) is 38.5 Å². The van der Waals surface area contributed by atoms with Crippen molar-refractivity contribution in [2.75, 3.05) is 13.1 Å². The minimum Gasteiger partial charge on any atom is -0.298 e. The largest absolute Gasteiger partial charge is 0.298 e. The standard InChI is InChI=1S/C26H34N2O3/c1-25-11-18-10-19(12-25)14-26(13-18,17-25)15-21(29)16-28-9-5-8-22(28)24(31)27-23(30)20-6-3-2-4-7-20/h2-4,6-7,18-19,22H,5,8-17H2,1H3,(H,27,30,31)/t18?,19?,22-,25?,26?/m0/s1. The molecule has 0 radical (unpaired) electrons. The molecule has 0 aromatic heterocycles. The molecule has 1 aromatic carbocycles. The minimum absolute atomic E-state index is 0.205. The SMILES string of the molecule is CC12CC3CC(C1)CC(CC(=O)CN1CCC[C@H]1C(=O)NC(=O)c1ccccc1)(C3)C2. The maximum Gasteiger partial charge on any atom is 0.257 e.